The molecule has 0 amide bonds. The maximum atomic E-state index is 11.9. The van der Waals surface area contributed by atoms with E-state index >= 15 is 0 Å². The minimum atomic E-state index is -1.07. The third-order valence-corrected chi connectivity index (χ3v) is 1.75. The summed E-state index contributed by atoms with van der Waals surface area (Å²) in [5.74, 6) is 0. The van der Waals surface area contributed by atoms with Crippen LogP contribution in [0.3, 0.4) is 0 Å². The predicted octanol–water partition coefficient (Wildman–Crippen LogP) is -0.535. The maximum Gasteiger partial charge on any atom is 0.118 e. The fourth-order valence-electron chi connectivity index (χ4n) is 1.06. The molecule has 1 heterocycles. The summed E-state index contributed by atoms with van der Waals surface area (Å²) >= 11 is 0. The van der Waals surface area contributed by atoms with Crippen molar-refractivity contribution in [3.05, 3.63) is 0 Å². The number of rotatable bonds is 1. The van der Waals surface area contributed by atoms with Gasteiger partial charge < -0.3 is 14.9 Å². The highest BCUT2D eigenvalue weighted by Gasteiger charge is 2.39. The monoisotopic (exact) mass is 150 g/mol. The largest absolute Gasteiger partial charge is 0.388 e. The number of halogens is 1. The summed E-state index contributed by atoms with van der Waals surface area (Å²) in [5, 5.41) is 18.0. The van der Waals surface area contributed by atoms with E-state index in [9.17, 15) is 4.39 Å². The van der Waals surface area contributed by atoms with Crippen LogP contribution in [0.5, 0.6) is 0 Å². The van der Waals surface area contributed by atoms with E-state index in [4.69, 9.17) is 14.9 Å². The van der Waals surface area contributed by atoms with Gasteiger partial charge in [0.2, 0.25) is 0 Å². The minimum Gasteiger partial charge on any atom is -0.388 e. The van der Waals surface area contributed by atoms with Gasteiger partial charge in [-0.05, 0) is 6.92 Å². The molecule has 0 radical (unpaired) electrons. The van der Waals surface area contributed by atoms with Gasteiger partial charge in [-0.25, -0.2) is 4.39 Å². The molecule has 60 valence electrons. The van der Waals surface area contributed by atoms with Gasteiger partial charge in [-0.3, -0.25) is 0 Å². The summed E-state index contributed by atoms with van der Waals surface area (Å²) in [4.78, 5) is 0. The number of aliphatic hydroxyl groups is 2. The van der Waals surface area contributed by atoms with Crippen molar-refractivity contribution in [2.24, 2.45) is 0 Å². The molecule has 1 fully saturated rings. The van der Waals surface area contributed by atoms with Crippen LogP contribution in [0.15, 0.2) is 0 Å². The Balaban J connectivity index is 2.53. The normalized spacial score (nSPS) is 48.0. The third-order valence-electron chi connectivity index (χ3n) is 1.75. The number of hydrogen-bond donors (Lipinski definition) is 2. The molecular weight excluding hydrogens is 139 g/mol. The third kappa shape index (κ3) is 1.14. The van der Waals surface area contributed by atoms with Crippen molar-refractivity contribution >= 4 is 0 Å². The molecule has 0 aliphatic carbocycles. The fraction of sp³-hybridized carbons (Fsp3) is 1.00. The van der Waals surface area contributed by atoms with Crippen molar-refractivity contribution < 1.29 is 19.3 Å². The molecule has 0 aromatic rings. The topological polar surface area (TPSA) is 49.7 Å². The van der Waals surface area contributed by atoms with Gasteiger partial charge in [0.15, 0.2) is 0 Å². The average molecular weight is 150 g/mol. The molecular formula is C6H11FO3. The Bertz CT molecular complexity index is 120. The van der Waals surface area contributed by atoms with E-state index in [-0.39, 0.29) is 0 Å². The van der Waals surface area contributed by atoms with Gasteiger partial charge in [0.05, 0.1) is 6.10 Å². The molecule has 1 aliphatic rings. The van der Waals surface area contributed by atoms with Gasteiger partial charge in [0, 0.05) is 0 Å². The van der Waals surface area contributed by atoms with Crippen molar-refractivity contribution in [3.63, 3.8) is 0 Å². The second-order valence-electron chi connectivity index (χ2n) is 2.52. The van der Waals surface area contributed by atoms with Crippen LogP contribution < -0.4 is 0 Å². The molecule has 3 nitrogen and oxygen atoms in total. The van der Waals surface area contributed by atoms with Gasteiger partial charge in [-0.15, -0.1) is 0 Å². The van der Waals surface area contributed by atoms with Crippen LogP contribution in [0.2, 0.25) is 0 Å². The van der Waals surface area contributed by atoms with Crippen molar-refractivity contribution in [3.8, 4) is 0 Å². The lowest BCUT2D eigenvalue weighted by Crippen LogP contribution is -2.32. The van der Waals surface area contributed by atoms with Gasteiger partial charge in [0.25, 0.3) is 0 Å². The molecule has 4 atom stereocenters. The van der Waals surface area contributed by atoms with E-state index < -0.39 is 31.1 Å². The van der Waals surface area contributed by atoms with Crippen molar-refractivity contribution in [1.29, 1.82) is 0 Å². The first kappa shape index (κ1) is 7.91. The molecule has 0 aromatic carbocycles. The Morgan fingerprint density at radius 1 is 1.40 bits per heavy atom. The first-order valence-electron chi connectivity index (χ1n) is 3.24. The van der Waals surface area contributed by atoms with Crippen molar-refractivity contribution in [1.82, 2.24) is 0 Å². The fourth-order valence-corrected chi connectivity index (χ4v) is 1.06. The SMILES string of the molecule is C[C@@H]1OC(CF)[C@@H](O)[C@H]1O. The molecule has 0 saturated carbocycles. The highest BCUT2D eigenvalue weighted by molar-refractivity contribution is 4.87. The van der Waals surface area contributed by atoms with Crippen LogP contribution in [0.4, 0.5) is 4.39 Å². The Morgan fingerprint density at radius 2 is 2.00 bits per heavy atom. The van der Waals surface area contributed by atoms with Crippen LogP contribution >= 0.6 is 0 Å². The van der Waals surface area contributed by atoms with Crippen LogP contribution in [0.1, 0.15) is 6.92 Å². The first-order chi connectivity index (χ1) is 4.66. The lowest BCUT2D eigenvalue weighted by Gasteiger charge is -2.09. The van der Waals surface area contributed by atoms with E-state index in [0.717, 1.165) is 0 Å². The van der Waals surface area contributed by atoms with Gasteiger partial charge in [0.1, 0.15) is 25.0 Å². The lowest BCUT2D eigenvalue weighted by atomic mass is 10.1. The predicted molar refractivity (Wildman–Crippen MR) is 32.3 cm³/mol. The summed E-state index contributed by atoms with van der Waals surface area (Å²) in [5.41, 5.74) is 0. The quantitative estimate of drug-likeness (QED) is 0.528. The number of hydrogen-bond acceptors (Lipinski definition) is 3. The molecule has 1 aliphatic heterocycles. The minimum absolute atomic E-state index is 0.462. The molecule has 1 unspecified atom stereocenters. The molecule has 0 bridgehead atoms. The smallest absolute Gasteiger partial charge is 0.118 e. The van der Waals surface area contributed by atoms with Crippen molar-refractivity contribution in [2.75, 3.05) is 6.67 Å². The summed E-state index contributed by atoms with van der Waals surface area (Å²) in [6.07, 6.45) is -3.32. The lowest BCUT2D eigenvalue weighted by molar-refractivity contribution is 0.00203. The zero-order valence-electron chi connectivity index (χ0n) is 5.70. The van der Waals surface area contributed by atoms with Crippen LogP contribution in [-0.2, 0) is 4.74 Å². The van der Waals surface area contributed by atoms with Crippen LogP contribution in [0, 0.1) is 0 Å². The van der Waals surface area contributed by atoms with E-state index in [1.54, 1.807) is 6.92 Å². The van der Waals surface area contributed by atoms with Gasteiger partial charge >= 0.3 is 0 Å². The number of aliphatic hydroxyl groups excluding tert-OH is 2. The van der Waals surface area contributed by atoms with Gasteiger partial charge in [-0.2, -0.15) is 0 Å². The Morgan fingerprint density at radius 3 is 2.20 bits per heavy atom. The second-order valence-corrected chi connectivity index (χ2v) is 2.52. The van der Waals surface area contributed by atoms with Gasteiger partial charge in [-0.1, -0.05) is 0 Å². The first-order valence-corrected chi connectivity index (χ1v) is 3.24. The Hall–Kier alpha value is -0.190. The second kappa shape index (κ2) is 2.82. The molecule has 4 heteroatoms. The zero-order chi connectivity index (χ0) is 7.72. The van der Waals surface area contributed by atoms with E-state index in [1.807, 2.05) is 0 Å². The summed E-state index contributed by atoms with van der Waals surface area (Å²) in [6, 6.07) is 0. The molecule has 10 heavy (non-hydrogen) atoms. The summed E-state index contributed by atoms with van der Waals surface area (Å²) < 4.78 is 16.8. The van der Waals surface area contributed by atoms with Crippen LogP contribution in [0.25, 0.3) is 0 Å². The zero-order valence-corrected chi connectivity index (χ0v) is 5.70. The number of alkyl halides is 1. The number of ether oxygens (including phenoxy) is 1. The van der Waals surface area contributed by atoms with Crippen molar-refractivity contribution in [2.45, 2.75) is 31.3 Å². The van der Waals surface area contributed by atoms with E-state index in [0.29, 0.717) is 0 Å². The summed E-state index contributed by atoms with van der Waals surface area (Å²) in [6.45, 7) is 0.853. The molecule has 2 N–H and O–H groups in total. The standard InChI is InChI=1S/C6H11FO3/c1-3-5(8)6(9)4(2-7)10-3/h3-6,8-9H,2H2,1H3/t3-,4?,5-,6+/m0/s1. The molecule has 0 aromatic heterocycles. The molecule has 0 spiro atoms. The molecule has 1 saturated heterocycles. The Labute approximate surface area is 58.4 Å². The molecule has 1 rings (SSSR count). The van der Waals surface area contributed by atoms with E-state index in [2.05, 4.69) is 0 Å². The van der Waals surface area contributed by atoms with E-state index in [1.165, 1.54) is 0 Å². The highest BCUT2D eigenvalue weighted by Crippen LogP contribution is 2.20. The average Bonchev–Trinajstić information content (AvgIpc) is 2.17. The Kier molecular flexibility index (Phi) is 2.23. The summed E-state index contributed by atoms with van der Waals surface area (Å²) in [7, 11) is 0. The highest BCUT2D eigenvalue weighted by atomic mass is 19.1. The maximum absolute atomic E-state index is 11.9. The van der Waals surface area contributed by atoms with Crippen LogP contribution in [-0.4, -0.2) is 41.3 Å².